The van der Waals surface area contributed by atoms with E-state index in [1.165, 1.54) is 19.3 Å². The highest BCUT2D eigenvalue weighted by Crippen LogP contribution is 2.29. The second-order valence-electron chi connectivity index (χ2n) is 3.82. The summed E-state index contributed by atoms with van der Waals surface area (Å²) in [6.45, 7) is 2.32. The average Bonchev–Trinajstić information content (AvgIpc) is 2.34. The maximum absolute atomic E-state index is 11.5. The van der Waals surface area contributed by atoms with Crippen molar-refractivity contribution in [3.8, 4) is 0 Å². The third-order valence-corrected chi connectivity index (χ3v) is 2.95. The summed E-state index contributed by atoms with van der Waals surface area (Å²) in [5.74, 6) is 0.290. The number of nitrogens with two attached hydrogens (primary N) is 1. The number of carbonyl (C=O) groups is 1. The van der Waals surface area contributed by atoms with Gasteiger partial charge in [0.1, 0.15) is 0 Å². The SMILES string of the molecule is NCCN1CCC(=O)N1C1CCC1. The fraction of sp³-hybridized carbons (Fsp3) is 0.889. The first kappa shape index (κ1) is 8.97. The molecule has 13 heavy (non-hydrogen) atoms. The number of amides is 1. The van der Waals surface area contributed by atoms with Crippen LogP contribution in [-0.4, -0.2) is 41.6 Å². The van der Waals surface area contributed by atoms with Crippen LogP contribution in [0.1, 0.15) is 25.7 Å². The summed E-state index contributed by atoms with van der Waals surface area (Å²) >= 11 is 0. The third kappa shape index (κ3) is 1.56. The van der Waals surface area contributed by atoms with E-state index in [-0.39, 0.29) is 5.91 Å². The molecule has 0 spiro atoms. The van der Waals surface area contributed by atoms with Crippen LogP contribution < -0.4 is 5.73 Å². The zero-order valence-electron chi connectivity index (χ0n) is 7.91. The number of rotatable bonds is 3. The standard InChI is InChI=1S/C9H17N3O/c10-5-7-11-6-4-9(13)12(11)8-2-1-3-8/h8H,1-7,10H2. The first-order chi connectivity index (χ1) is 6.33. The topological polar surface area (TPSA) is 49.6 Å². The van der Waals surface area contributed by atoms with E-state index in [0.29, 0.717) is 19.0 Å². The molecule has 1 saturated carbocycles. The lowest BCUT2D eigenvalue weighted by Crippen LogP contribution is -2.50. The van der Waals surface area contributed by atoms with Crippen molar-refractivity contribution in [1.29, 1.82) is 0 Å². The number of hydrogen-bond acceptors (Lipinski definition) is 3. The van der Waals surface area contributed by atoms with Crippen LogP contribution >= 0.6 is 0 Å². The fourth-order valence-electron chi connectivity index (χ4n) is 2.04. The molecule has 4 nitrogen and oxygen atoms in total. The Kier molecular flexibility index (Phi) is 2.51. The smallest absolute Gasteiger partial charge is 0.238 e. The van der Waals surface area contributed by atoms with Gasteiger partial charge in [-0.15, -0.1) is 0 Å². The molecule has 0 aromatic heterocycles. The second-order valence-corrected chi connectivity index (χ2v) is 3.82. The zero-order valence-corrected chi connectivity index (χ0v) is 7.91. The number of hydrogen-bond donors (Lipinski definition) is 1. The Morgan fingerprint density at radius 2 is 2.23 bits per heavy atom. The molecule has 0 aromatic rings. The minimum atomic E-state index is 0.290. The van der Waals surface area contributed by atoms with Crippen LogP contribution in [0.3, 0.4) is 0 Å². The molecule has 2 N–H and O–H groups in total. The van der Waals surface area contributed by atoms with Crippen molar-refractivity contribution < 1.29 is 4.79 Å². The second kappa shape index (κ2) is 3.64. The van der Waals surface area contributed by atoms with E-state index in [2.05, 4.69) is 5.01 Å². The van der Waals surface area contributed by atoms with Gasteiger partial charge in [0.25, 0.3) is 0 Å². The molecule has 4 heteroatoms. The molecule has 2 aliphatic rings. The maximum Gasteiger partial charge on any atom is 0.238 e. The van der Waals surface area contributed by atoms with Gasteiger partial charge in [-0.3, -0.25) is 9.80 Å². The van der Waals surface area contributed by atoms with Crippen molar-refractivity contribution in [2.24, 2.45) is 5.73 Å². The Labute approximate surface area is 78.6 Å². The fourth-order valence-corrected chi connectivity index (χ4v) is 2.04. The van der Waals surface area contributed by atoms with Gasteiger partial charge in [-0.05, 0) is 19.3 Å². The van der Waals surface area contributed by atoms with Gasteiger partial charge in [0.05, 0.1) is 0 Å². The van der Waals surface area contributed by atoms with Gasteiger partial charge in [0.15, 0.2) is 0 Å². The lowest BCUT2D eigenvalue weighted by atomic mass is 9.92. The van der Waals surface area contributed by atoms with Crippen molar-refractivity contribution in [3.63, 3.8) is 0 Å². The summed E-state index contributed by atoms with van der Waals surface area (Å²) < 4.78 is 0. The summed E-state index contributed by atoms with van der Waals surface area (Å²) in [6, 6.07) is 0.488. The Bertz CT molecular complexity index is 203. The summed E-state index contributed by atoms with van der Waals surface area (Å²) in [5, 5.41) is 4.07. The lowest BCUT2D eigenvalue weighted by Gasteiger charge is -2.39. The van der Waals surface area contributed by atoms with E-state index in [9.17, 15) is 4.79 Å². The monoisotopic (exact) mass is 183 g/mol. The molecule has 2 rings (SSSR count). The van der Waals surface area contributed by atoms with E-state index in [0.717, 1.165) is 13.1 Å². The highest BCUT2D eigenvalue weighted by Gasteiger charge is 2.36. The van der Waals surface area contributed by atoms with Crippen LogP contribution in [0.4, 0.5) is 0 Å². The van der Waals surface area contributed by atoms with Crippen molar-refractivity contribution in [2.75, 3.05) is 19.6 Å². The molecule has 1 aliphatic heterocycles. The van der Waals surface area contributed by atoms with E-state index in [4.69, 9.17) is 5.73 Å². The molecule has 1 aliphatic carbocycles. The van der Waals surface area contributed by atoms with Gasteiger partial charge in [-0.25, -0.2) is 5.01 Å². The van der Waals surface area contributed by atoms with Gasteiger partial charge >= 0.3 is 0 Å². The Balaban J connectivity index is 1.98. The Morgan fingerprint density at radius 1 is 1.46 bits per heavy atom. The van der Waals surface area contributed by atoms with E-state index >= 15 is 0 Å². The molecule has 0 aromatic carbocycles. The van der Waals surface area contributed by atoms with Crippen molar-refractivity contribution >= 4 is 5.91 Å². The summed E-state index contributed by atoms with van der Waals surface area (Å²) in [4.78, 5) is 11.5. The van der Waals surface area contributed by atoms with Crippen molar-refractivity contribution in [3.05, 3.63) is 0 Å². The molecular weight excluding hydrogens is 166 g/mol. The molecule has 1 saturated heterocycles. The van der Waals surface area contributed by atoms with E-state index < -0.39 is 0 Å². The highest BCUT2D eigenvalue weighted by atomic mass is 16.2. The number of hydrazine groups is 1. The first-order valence-corrected chi connectivity index (χ1v) is 5.10. The molecule has 2 fully saturated rings. The molecule has 0 radical (unpaired) electrons. The minimum Gasteiger partial charge on any atom is -0.329 e. The number of carbonyl (C=O) groups excluding carboxylic acids is 1. The zero-order chi connectivity index (χ0) is 9.26. The predicted molar refractivity (Wildman–Crippen MR) is 49.7 cm³/mol. The van der Waals surface area contributed by atoms with Gasteiger partial charge in [0.2, 0.25) is 5.91 Å². The van der Waals surface area contributed by atoms with Crippen molar-refractivity contribution in [1.82, 2.24) is 10.0 Å². The van der Waals surface area contributed by atoms with Crippen molar-refractivity contribution in [2.45, 2.75) is 31.7 Å². The van der Waals surface area contributed by atoms with Gasteiger partial charge in [-0.2, -0.15) is 0 Å². The van der Waals surface area contributed by atoms with Crippen LogP contribution in [-0.2, 0) is 4.79 Å². The Morgan fingerprint density at radius 3 is 2.77 bits per heavy atom. The summed E-state index contributed by atoms with van der Waals surface area (Å²) in [7, 11) is 0. The minimum absolute atomic E-state index is 0.290. The number of nitrogens with zero attached hydrogens (tertiary/aromatic N) is 2. The molecule has 0 unspecified atom stereocenters. The van der Waals surface area contributed by atoms with Gasteiger partial charge in [-0.1, -0.05) is 0 Å². The predicted octanol–water partition coefficient (Wildman–Crippen LogP) is -0.0531. The lowest BCUT2D eigenvalue weighted by molar-refractivity contribution is -0.146. The molecule has 74 valence electrons. The highest BCUT2D eigenvalue weighted by molar-refractivity contribution is 5.78. The van der Waals surface area contributed by atoms with Crippen LogP contribution in [0.2, 0.25) is 0 Å². The van der Waals surface area contributed by atoms with Crippen LogP contribution in [0.5, 0.6) is 0 Å². The van der Waals surface area contributed by atoms with Crippen LogP contribution in [0, 0.1) is 0 Å². The quantitative estimate of drug-likeness (QED) is 0.667. The largest absolute Gasteiger partial charge is 0.329 e. The first-order valence-electron chi connectivity index (χ1n) is 5.10. The normalized spacial score (nSPS) is 25.3. The van der Waals surface area contributed by atoms with Crippen LogP contribution in [0.25, 0.3) is 0 Å². The Hall–Kier alpha value is -0.610. The molecule has 1 heterocycles. The molecular formula is C9H17N3O. The van der Waals surface area contributed by atoms with E-state index in [1.807, 2.05) is 5.01 Å². The summed E-state index contributed by atoms with van der Waals surface area (Å²) in [6.07, 6.45) is 4.29. The van der Waals surface area contributed by atoms with Crippen LogP contribution in [0.15, 0.2) is 0 Å². The van der Waals surface area contributed by atoms with E-state index in [1.54, 1.807) is 0 Å². The summed E-state index contributed by atoms with van der Waals surface area (Å²) in [5.41, 5.74) is 5.50. The molecule has 0 bridgehead atoms. The average molecular weight is 183 g/mol. The van der Waals surface area contributed by atoms with Gasteiger partial charge in [0, 0.05) is 32.1 Å². The third-order valence-electron chi connectivity index (χ3n) is 2.95. The maximum atomic E-state index is 11.5. The molecule has 0 atom stereocenters. The molecule has 1 amide bonds. The van der Waals surface area contributed by atoms with Gasteiger partial charge < -0.3 is 5.73 Å².